The molecule has 1 N–H and O–H groups in total. The van der Waals surface area contributed by atoms with Crippen LogP contribution in [0.2, 0.25) is 0 Å². The Labute approximate surface area is 146 Å². The predicted molar refractivity (Wildman–Crippen MR) is 103 cm³/mol. The highest BCUT2D eigenvalue weighted by molar-refractivity contribution is 5.75. The molecular weight excluding hydrogens is 282 g/mol. The second kappa shape index (κ2) is 19.5. The van der Waals surface area contributed by atoms with Gasteiger partial charge in [0.25, 0.3) is 0 Å². The molecule has 1 amide bonds. The van der Waals surface area contributed by atoms with E-state index in [1.807, 2.05) is 0 Å². The van der Waals surface area contributed by atoms with Gasteiger partial charge in [0.05, 0.1) is 0 Å². The molecule has 0 fully saturated rings. The van der Waals surface area contributed by atoms with Crippen LogP contribution in [0.3, 0.4) is 0 Å². The van der Waals surface area contributed by atoms with E-state index >= 15 is 0 Å². The van der Waals surface area contributed by atoms with Crippen molar-refractivity contribution < 1.29 is 4.79 Å². The largest absolute Gasteiger partial charge is 0.356 e. The van der Waals surface area contributed by atoms with Gasteiger partial charge in [-0.05, 0) is 12.8 Å². The van der Waals surface area contributed by atoms with Crippen molar-refractivity contribution in [3.8, 4) is 0 Å². The van der Waals surface area contributed by atoms with E-state index in [-0.39, 0.29) is 5.91 Å². The zero-order valence-corrected chi connectivity index (χ0v) is 16.1. The van der Waals surface area contributed by atoms with Crippen molar-refractivity contribution in [3.63, 3.8) is 0 Å². The molecule has 0 radical (unpaired) electrons. The lowest BCUT2D eigenvalue weighted by Crippen LogP contribution is -2.23. The summed E-state index contributed by atoms with van der Waals surface area (Å²) in [5, 5.41) is 3.06. The van der Waals surface area contributed by atoms with E-state index in [1.54, 1.807) is 0 Å². The molecule has 0 rings (SSSR count). The Hall–Kier alpha value is -0.530. The summed E-state index contributed by atoms with van der Waals surface area (Å²) in [6.45, 7) is 5.38. The molecule has 0 saturated heterocycles. The molecule has 23 heavy (non-hydrogen) atoms. The second-order valence-corrected chi connectivity index (χ2v) is 7.05. The van der Waals surface area contributed by atoms with Gasteiger partial charge in [-0.15, -0.1) is 0 Å². The van der Waals surface area contributed by atoms with Gasteiger partial charge in [0, 0.05) is 13.0 Å². The first kappa shape index (κ1) is 22.5. The van der Waals surface area contributed by atoms with Crippen LogP contribution >= 0.6 is 0 Å². The lowest BCUT2D eigenvalue weighted by molar-refractivity contribution is -0.121. The molecule has 0 bridgehead atoms. The topological polar surface area (TPSA) is 29.1 Å². The van der Waals surface area contributed by atoms with Crippen LogP contribution in [-0.2, 0) is 4.79 Å². The van der Waals surface area contributed by atoms with Crippen molar-refractivity contribution in [1.82, 2.24) is 5.32 Å². The van der Waals surface area contributed by atoms with Crippen molar-refractivity contribution in [2.75, 3.05) is 6.54 Å². The van der Waals surface area contributed by atoms with Gasteiger partial charge in [-0.2, -0.15) is 0 Å². The predicted octanol–water partition coefficient (Wildman–Crippen LogP) is 6.77. The van der Waals surface area contributed by atoms with Gasteiger partial charge >= 0.3 is 0 Å². The van der Waals surface area contributed by atoms with Crippen molar-refractivity contribution in [3.05, 3.63) is 0 Å². The highest BCUT2D eigenvalue weighted by Gasteiger charge is 2.00. The van der Waals surface area contributed by atoms with E-state index in [1.165, 1.54) is 89.9 Å². The van der Waals surface area contributed by atoms with E-state index in [2.05, 4.69) is 19.2 Å². The first-order valence-electron chi connectivity index (χ1n) is 10.6. The Kier molecular flexibility index (Phi) is 19.1. The molecular formula is C21H43NO. The highest BCUT2D eigenvalue weighted by Crippen LogP contribution is 2.11. The maximum absolute atomic E-state index is 11.7. The maximum Gasteiger partial charge on any atom is 0.219 e. The summed E-state index contributed by atoms with van der Waals surface area (Å²) in [7, 11) is 0. The van der Waals surface area contributed by atoms with Crippen LogP contribution in [0.15, 0.2) is 0 Å². The third-order valence-corrected chi connectivity index (χ3v) is 4.61. The summed E-state index contributed by atoms with van der Waals surface area (Å²) in [6.07, 6.45) is 21.8. The van der Waals surface area contributed by atoms with Gasteiger partial charge in [0.15, 0.2) is 0 Å². The lowest BCUT2D eigenvalue weighted by atomic mass is 10.1. The molecule has 0 spiro atoms. The van der Waals surface area contributed by atoms with Crippen LogP contribution < -0.4 is 5.32 Å². The maximum atomic E-state index is 11.7. The minimum atomic E-state index is 0.261. The first-order chi connectivity index (χ1) is 11.3. The fraction of sp³-hybridized carbons (Fsp3) is 0.952. The molecule has 0 aromatic carbocycles. The molecule has 0 atom stereocenters. The summed E-state index contributed by atoms with van der Waals surface area (Å²) in [5.41, 5.74) is 0. The summed E-state index contributed by atoms with van der Waals surface area (Å²) in [4.78, 5) is 11.7. The standard InChI is InChI=1S/C21H43NO/c1-3-5-7-9-10-11-12-13-14-15-17-19-21(23)22-20-18-16-8-6-4-2/h3-20H2,1-2H3,(H,22,23). The van der Waals surface area contributed by atoms with Gasteiger partial charge in [0.1, 0.15) is 0 Å². The number of amides is 1. The van der Waals surface area contributed by atoms with Crippen LogP contribution in [0.4, 0.5) is 0 Å². The van der Waals surface area contributed by atoms with Gasteiger partial charge in [0.2, 0.25) is 5.91 Å². The molecule has 0 aliphatic rings. The Morgan fingerprint density at radius 2 is 0.957 bits per heavy atom. The van der Waals surface area contributed by atoms with E-state index < -0.39 is 0 Å². The normalized spacial score (nSPS) is 10.9. The van der Waals surface area contributed by atoms with Gasteiger partial charge in [-0.3, -0.25) is 4.79 Å². The van der Waals surface area contributed by atoms with Gasteiger partial charge in [-0.1, -0.05) is 104 Å². The van der Waals surface area contributed by atoms with E-state index in [9.17, 15) is 4.79 Å². The molecule has 2 nitrogen and oxygen atoms in total. The summed E-state index contributed by atoms with van der Waals surface area (Å²) in [6, 6.07) is 0. The van der Waals surface area contributed by atoms with Gasteiger partial charge < -0.3 is 5.32 Å². The van der Waals surface area contributed by atoms with Crippen LogP contribution in [0.25, 0.3) is 0 Å². The quantitative estimate of drug-likeness (QED) is 0.277. The zero-order valence-electron chi connectivity index (χ0n) is 16.1. The number of nitrogens with one attached hydrogen (secondary N) is 1. The Bertz CT molecular complexity index is 240. The highest BCUT2D eigenvalue weighted by atomic mass is 16.1. The third-order valence-electron chi connectivity index (χ3n) is 4.61. The zero-order chi connectivity index (χ0) is 17.0. The molecule has 0 heterocycles. The average Bonchev–Trinajstić information content (AvgIpc) is 2.56. The number of hydrogen-bond acceptors (Lipinski definition) is 1. The molecule has 0 unspecified atom stereocenters. The molecule has 0 aliphatic heterocycles. The summed E-state index contributed by atoms with van der Waals surface area (Å²) in [5.74, 6) is 0.261. The fourth-order valence-electron chi connectivity index (χ4n) is 2.99. The Balaban J connectivity index is 3.11. The van der Waals surface area contributed by atoms with Crippen molar-refractivity contribution in [2.45, 2.75) is 123 Å². The number of rotatable bonds is 18. The van der Waals surface area contributed by atoms with Gasteiger partial charge in [-0.25, -0.2) is 0 Å². The SMILES string of the molecule is CCCCCCCCCCCCCC(=O)NCCCCCCC. The molecule has 0 saturated carbocycles. The Morgan fingerprint density at radius 1 is 0.565 bits per heavy atom. The monoisotopic (exact) mass is 325 g/mol. The minimum absolute atomic E-state index is 0.261. The molecule has 0 aromatic heterocycles. The average molecular weight is 326 g/mol. The number of carbonyl (C=O) groups is 1. The van der Waals surface area contributed by atoms with Crippen LogP contribution in [0, 0.1) is 0 Å². The van der Waals surface area contributed by atoms with Crippen molar-refractivity contribution in [2.24, 2.45) is 0 Å². The molecule has 138 valence electrons. The first-order valence-corrected chi connectivity index (χ1v) is 10.6. The van der Waals surface area contributed by atoms with Crippen LogP contribution in [0.5, 0.6) is 0 Å². The number of carbonyl (C=O) groups excluding carboxylic acids is 1. The molecule has 2 heteroatoms. The van der Waals surface area contributed by atoms with Crippen molar-refractivity contribution in [1.29, 1.82) is 0 Å². The smallest absolute Gasteiger partial charge is 0.219 e. The molecule has 0 aromatic rings. The summed E-state index contributed by atoms with van der Waals surface area (Å²) >= 11 is 0. The Morgan fingerprint density at radius 3 is 1.43 bits per heavy atom. The minimum Gasteiger partial charge on any atom is -0.356 e. The second-order valence-electron chi connectivity index (χ2n) is 7.05. The summed E-state index contributed by atoms with van der Waals surface area (Å²) < 4.78 is 0. The van der Waals surface area contributed by atoms with E-state index in [4.69, 9.17) is 0 Å². The fourth-order valence-corrected chi connectivity index (χ4v) is 2.99. The van der Waals surface area contributed by atoms with Crippen molar-refractivity contribution >= 4 is 5.91 Å². The number of hydrogen-bond donors (Lipinski definition) is 1. The molecule has 0 aliphatic carbocycles. The third kappa shape index (κ3) is 19.4. The van der Waals surface area contributed by atoms with Crippen LogP contribution in [0.1, 0.15) is 123 Å². The van der Waals surface area contributed by atoms with E-state index in [0.29, 0.717) is 0 Å². The van der Waals surface area contributed by atoms with Crippen LogP contribution in [-0.4, -0.2) is 12.5 Å². The number of unbranched alkanes of at least 4 members (excludes halogenated alkanes) is 14. The van der Waals surface area contributed by atoms with E-state index in [0.717, 1.165) is 25.8 Å². The lowest BCUT2D eigenvalue weighted by Gasteiger charge is -2.05.